The van der Waals surface area contributed by atoms with Crippen LogP contribution in [0, 0.1) is 6.92 Å². The summed E-state index contributed by atoms with van der Waals surface area (Å²) in [7, 11) is 0. The molecule has 0 bridgehead atoms. The summed E-state index contributed by atoms with van der Waals surface area (Å²) < 4.78 is 0. The largest absolute Gasteiger partial charge is 0.411 e. The molecule has 3 heteroatoms. The molecule has 0 fully saturated rings. The topological polar surface area (TPSA) is 32.6 Å². The van der Waals surface area contributed by atoms with Crippen LogP contribution in [0.4, 0.5) is 0 Å². The molecule has 20 heavy (non-hydrogen) atoms. The molecule has 1 N–H and O–H groups in total. The van der Waals surface area contributed by atoms with Gasteiger partial charge in [0.05, 0.1) is 5.71 Å². The van der Waals surface area contributed by atoms with Crippen molar-refractivity contribution in [2.75, 3.05) is 0 Å². The van der Waals surface area contributed by atoms with Gasteiger partial charge in [0.2, 0.25) is 0 Å². The molecule has 2 nitrogen and oxygen atoms in total. The second-order valence-electron chi connectivity index (χ2n) is 5.25. The lowest BCUT2D eigenvalue weighted by Crippen LogP contribution is -2.11. The van der Waals surface area contributed by atoms with Gasteiger partial charge in [0, 0.05) is 17.2 Å². The molecule has 0 amide bonds. The predicted molar refractivity (Wildman–Crippen MR) is 84.7 cm³/mol. The van der Waals surface area contributed by atoms with Crippen molar-refractivity contribution in [3.8, 4) is 0 Å². The fourth-order valence-electron chi connectivity index (χ4n) is 2.67. The van der Waals surface area contributed by atoms with Crippen molar-refractivity contribution in [3.05, 3.63) is 63.9 Å². The van der Waals surface area contributed by atoms with Crippen LogP contribution in [-0.4, -0.2) is 10.9 Å². The number of benzene rings is 1. The number of hydrogen-bond donors (Lipinski definition) is 1. The third-order valence-corrected chi connectivity index (χ3v) is 4.79. The van der Waals surface area contributed by atoms with Crippen molar-refractivity contribution in [1.29, 1.82) is 0 Å². The highest BCUT2D eigenvalue weighted by atomic mass is 32.1. The maximum Gasteiger partial charge on any atom is 0.0805 e. The van der Waals surface area contributed by atoms with Crippen LogP contribution < -0.4 is 0 Å². The summed E-state index contributed by atoms with van der Waals surface area (Å²) in [6.45, 7) is 2.09. The van der Waals surface area contributed by atoms with Gasteiger partial charge in [-0.2, -0.15) is 0 Å². The van der Waals surface area contributed by atoms with E-state index < -0.39 is 0 Å². The molecule has 0 saturated heterocycles. The van der Waals surface area contributed by atoms with E-state index in [0.717, 1.165) is 18.6 Å². The lowest BCUT2D eigenvalue weighted by molar-refractivity contribution is 0.317. The quantitative estimate of drug-likeness (QED) is 0.620. The van der Waals surface area contributed by atoms with E-state index in [0.29, 0.717) is 5.92 Å². The first-order valence-electron chi connectivity index (χ1n) is 6.78. The zero-order valence-electron chi connectivity index (χ0n) is 11.4. The van der Waals surface area contributed by atoms with Crippen LogP contribution in [0.25, 0.3) is 5.57 Å². The van der Waals surface area contributed by atoms with Crippen LogP contribution >= 0.6 is 11.3 Å². The average molecular weight is 283 g/mol. The fourth-order valence-corrected chi connectivity index (χ4v) is 3.50. The molecule has 0 saturated carbocycles. The summed E-state index contributed by atoms with van der Waals surface area (Å²) in [6.07, 6.45) is 3.84. The van der Waals surface area contributed by atoms with Crippen LogP contribution in [0.2, 0.25) is 0 Å². The molecule has 102 valence electrons. The summed E-state index contributed by atoms with van der Waals surface area (Å²) in [4.78, 5) is 1.36. The van der Waals surface area contributed by atoms with Gasteiger partial charge in [0.25, 0.3) is 0 Å². The molecule has 0 spiro atoms. The Kier molecular flexibility index (Phi) is 3.70. The Morgan fingerprint density at radius 2 is 1.95 bits per heavy atom. The molecule has 1 heterocycles. The molecular formula is C17H17NOS. The SMILES string of the molecule is Cc1ccc(C2=C/C(=N\O)CC(c3cccs3)C2)cc1. The normalized spacial score (nSPS) is 20.9. The van der Waals surface area contributed by atoms with E-state index in [1.165, 1.54) is 21.6 Å². The summed E-state index contributed by atoms with van der Waals surface area (Å²) in [5.74, 6) is 0.419. The van der Waals surface area contributed by atoms with E-state index in [9.17, 15) is 0 Å². The van der Waals surface area contributed by atoms with Gasteiger partial charge in [-0.1, -0.05) is 41.1 Å². The van der Waals surface area contributed by atoms with E-state index >= 15 is 0 Å². The Labute approximate surface area is 123 Å². The monoisotopic (exact) mass is 283 g/mol. The van der Waals surface area contributed by atoms with Gasteiger partial charge in [-0.25, -0.2) is 0 Å². The van der Waals surface area contributed by atoms with Crippen LogP contribution in [0.3, 0.4) is 0 Å². The smallest absolute Gasteiger partial charge is 0.0805 e. The minimum absolute atomic E-state index is 0.419. The number of rotatable bonds is 2. The van der Waals surface area contributed by atoms with Gasteiger partial charge in [-0.3, -0.25) is 0 Å². The van der Waals surface area contributed by atoms with E-state index in [2.05, 4.69) is 53.9 Å². The highest BCUT2D eigenvalue weighted by Crippen LogP contribution is 2.38. The standard InChI is InChI=1S/C17H17NOS/c1-12-4-6-13(7-5-12)14-9-15(11-16(10-14)18-19)17-3-2-8-20-17/h2-8,10,15,19H,9,11H2,1H3/b18-16+. The van der Waals surface area contributed by atoms with Gasteiger partial charge >= 0.3 is 0 Å². The number of aryl methyl sites for hydroxylation is 1. The lowest BCUT2D eigenvalue weighted by Gasteiger charge is -2.22. The predicted octanol–water partition coefficient (Wildman–Crippen LogP) is 4.85. The van der Waals surface area contributed by atoms with Gasteiger partial charge in [-0.15, -0.1) is 11.3 Å². The Morgan fingerprint density at radius 1 is 1.15 bits per heavy atom. The van der Waals surface area contributed by atoms with Crippen LogP contribution in [0.1, 0.15) is 34.8 Å². The molecular weight excluding hydrogens is 266 g/mol. The Morgan fingerprint density at radius 3 is 2.60 bits per heavy atom. The third kappa shape index (κ3) is 2.68. The molecule has 1 aromatic heterocycles. The van der Waals surface area contributed by atoms with Gasteiger partial charge < -0.3 is 5.21 Å². The van der Waals surface area contributed by atoms with Gasteiger partial charge in [0.1, 0.15) is 0 Å². The first-order valence-corrected chi connectivity index (χ1v) is 7.66. The van der Waals surface area contributed by atoms with E-state index in [1.54, 1.807) is 11.3 Å². The van der Waals surface area contributed by atoms with E-state index in [4.69, 9.17) is 5.21 Å². The van der Waals surface area contributed by atoms with Crippen molar-refractivity contribution in [2.24, 2.45) is 5.16 Å². The Bertz CT molecular complexity index is 638. The van der Waals surface area contributed by atoms with Crippen molar-refractivity contribution < 1.29 is 5.21 Å². The molecule has 1 aliphatic carbocycles. The number of thiophene rings is 1. The minimum Gasteiger partial charge on any atom is -0.411 e. The van der Waals surface area contributed by atoms with Crippen molar-refractivity contribution >= 4 is 22.6 Å². The first-order chi connectivity index (χ1) is 9.76. The van der Waals surface area contributed by atoms with E-state index in [1.807, 2.05) is 6.08 Å². The summed E-state index contributed by atoms with van der Waals surface area (Å²) in [5, 5.41) is 14.7. The molecule has 3 rings (SSSR count). The van der Waals surface area contributed by atoms with E-state index in [-0.39, 0.29) is 0 Å². The Balaban J connectivity index is 1.93. The molecule has 0 radical (unpaired) electrons. The zero-order chi connectivity index (χ0) is 13.9. The number of hydrogen-bond acceptors (Lipinski definition) is 3. The number of allylic oxidation sites excluding steroid dienone is 2. The number of nitrogens with zero attached hydrogens (tertiary/aromatic N) is 1. The fraction of sp³-hybridized carbons (Fsp3) is 0.235. The van der Waals surface area contributed by atoms with Crippen molar-refractivity contribution in [2.45, 2.75) is 25.7 Å². The van der Waals surface area contributed by atoms with Gasteiger partial charge in [-0.05, 0) is 42.0 Å². The molecule has 2 aromatic rings. The molecule has 0 aliphatic heterocycles. The van der Waals surface area contributed by atoms with Crippen LogP contribution in [-0.2, 0) is 0 Å². The van der Waals surface area contributed by atoms with Crippen molar-refractivity contribution in [1.82, 2.24) is 0 Å². The average Bonchev–Trinajstić information content (AvgIpc) is 3.02. The maximum absolute atomic E-state index is 9.16. The van der Waals surface area contributed by atoms with Crippen LogP contribution in [0.5, 0.6) is 0 Å². The second kappa shape index (κ2) is 5.63. The second-order valence-corrected chi connectivity index (χ2v) is 6.23. The molecule has 1 aliphatic rings. The summed E-state index contributed by atoms with van der Waals surface area (Å²) in [6, 6.07) is 12.8. The first kappa shape index (κ1) is 13.1. The maximum atomic E-state index is 9.16. The summed E-state index contributed by atoms with van der Waals surface area (Å²) >= 11 is 1.78. The zero-order valence-corrected chi connectivity index (χ0v) is 12.2. The van der Waals surface area contributed by atoms with Gasteiger partial charge in [0.15, 0.2) is 0 Å². The lowest BCUT2D eigenvalue weighted by atomic mass is 9.83. The Hall–Kier alpha value is -1.87. The molecule has 1 unspecified atom stereocenters. The molecule has 1 atom stereocenters. The number of oxime groups is 1. The van der Waals surface area contributed by atoms with Crippen molar-refractivity contribution in [3.63, 3.8) is 0 Å². The van der Waals surface area contributed by atoms with Crippen LogP contribution in [0.15, 0.2) is 53.0 Å². The highest BCUT2D eigenvalue weighted by Gasteiger charge is 2.22. The minimum atomic E-state index is 0.419. The molecule has 1 aromatic carbocycles. The summed E-state index contributed by atoms with van der Waals surface area (Å²) in [5.41, 5.74) is 4.50. The third-order valence-electron chi connectivity index (χ3n) is 3.76. The highest BCUT2D eigenvalue weighted by molar-refractivity contribution is 7.10.